The van der Waals surface area contributed by atoms with Crippen LogP contribution in [0.4, 0.5) is 0 Å². The van der Waals surface area contributed by atoms with Crippen LogP contribution in [-0.2, 0) is 17.9 Å². The van der Waals surface area contributed by atoms with E-state index in [1.165, 1.54) is 23.4 Å². The zero-order valence-corrected chi connectivity index (χ0v) is 16.2. The van der Waals surface area contributed by atoms with Crippen LogP contribution in [0.3, 0.4) is 0 Å². The van der Waals surface area contributed by atoms with Gasteiger partial charge in [0.2, 0.25) is 0 Å². The molecule has 7 heteroatoms. The highest BCUT2D eigenvalue weighted by Crippen LogP contribution is 2.22. The molecule has 0 aromatic heterocycles. The Labute approximate surface area is 170 Å². The number of amides is 1. The van der Waals surface area contributed by atoms with Crippen LogP contribution in [-0.4, -0.2) is 47.4 Å². The Balaban J connectivity index is 1.42. The van der Waals surface area contributed by atoms with E-state index in [9.17, 15) is 9.90 Å². The van der Waals surface area contributed by atoms with E-state index in [1.807, 2.05) is 12.1 Å². The lowest BCUT2D eigenvalue weighted by molar-refractivity contribution is -0.123. The molecule has 2 aromatic carbocycles. The van der Waals surface area contributed by atoms with Crippen molar-refractivity contribution in [1.82, 2.24) is 10.2 Å². The summed E-state index contributed by atoms with van der Waals surface area (Å²) in [6.07, 6.45) is 2.07. The number of ether oxygens (including phenoxy) is 1. The second-order valence-electron chi connectivity index (χ2n) is 6.95. The van der Waals surface area contributed by atoms with Crippen LogP contribution in [0.1, 0.15) is 16.7 Å². The molecule has 1 aliphatic heterocycles. The summed E-state index contributed by atoms with van der Waals surface area (Å²) in [5, 5.41) is 20.9. The van der Waals surface area contributed by atoms with Crippen molar-refractivity contribution < 1.29 is 14.6 Å². The molecule has 0 aliphatic carbocycles. The van der Waals surface area contributed by atoms with Crippen LogP contribution < -0.4 is 15.8 Å². The highest BCUT2D eigenvalue weighted by Gasteiger charge is 2.20. The molecule has 0 bridgehead atoms. The number of rotatable bonds is 9. The number of fused-ring (bicyclic) bond motifs is 1. The van der Waals surface area contributed by atoms with Gasteiger partial charge >= 0.3 is 0 Å². The maximum absolute atomic E-state index is 12.1. The minimum Gasteiger partial charge on any atom is -0.483 e. The molecule has 1 heterocycles. The number of carbonyl (C=O) groups excluding carboxylic acids is 1. The Kier molecular flexibility index (Phi) is 6.99. The third-order valence-electron chi connectivity index (χ3n) is 4.71. The molecule has 29 heavy (non-hydrogen) atoms. The number of benzene rings is 2. The molecule has 0 saturated carbocycles. The maximum atomic E-state index is 12.1. The quantitative estimate of drug-likeness (QED) is 0.481. The van der Waals surface area contributed by atoms with Gasteiger partial charge in [-0.1, -0.05) is 36.4 Å². The molecule has 1 unspecified atom stereocenters. The first kappa shape index (κ1) is 20.6. The van der Waals surface area contributed by atoms with Gasteiger partial charge in [0, 0.05) is 31.7 Å². The van der Waals surface area contributed by atoms with E-state index < -0.39 is 6.10 Å². The molecule has 2 aromatic rings. The second-order valence-corrected chi connectivity index (χ2v) is 6.95. The van der Waals surface area contributed by atoms with Crippen LogP contribution >= 0.6 is 0 Å². The number of aliphatic hydroxyl groups is 1. The average Bonchev–Trinajstić information content (AvgIpc) is 3.13. The van der Waals surface area contributed by atoms with Crippen LogP contribution in [0.5, 0.6) is 5.75 Å². The van der Waals surface area contributed by atoms with Crippen molar-refractivity contribution in [2.45, 2.75) is 19.2 Å². The molecule has 1 atom stereocenters. The molecule has 1 aliphatic rings. The third-order valence-corrected chi connectivity index (χ3v) is 4.71. The highest BCUT2D eigenvalue weighted by molar-refractivity contribution is 6.08. The van der Waals surface area contributed by atoms with Crippen molar-refractivity contribution in [3.05, 3.63) is 77.5 Å². The van der Waals surface area contributed by atoms with E-state index in [0.717, 1.165) is 13.1 Å². The normalized spacial score (nSPS) is 14.5. The fourth-order valence-electron chi connectivity index (χ4n) is 3.32. The van der Waals surface area contributed by atoms with Gasteiger partial charge < -0.3 is 26.3 Å². The van der Waals surface area contributed by atoms with E-state index >= 15 is 0 Å². The minimum absolute atomic E-state index is 0.155. The Morgan fingerprint density at radius 1 is 1.21 bits per heavy atom. The maximum Gasteiger partial charge on any atom is 0.258 e. The first-order valence-electron chi connectivity index (χ1n) is 9.49. The number of nitrogens with one attached hydrogen (secondary N) is 2. The number of carbonyl (C=O) groups is 1. The molecular weight excluding hydrogens is 368 g/mol. The number of hydrogen-bond acceptors (Lipinski definition) is 6. The molecule has 5 N–H and O–H groups in total. The van der Waals surface area contributed by atoms with Gasteiger partial charge in [-0.2, -0.15) is 0 Å². The summed E-state index contributed by atoms with van der Waals surface area (Å²) in [6.45, 7) is 2.07. The lowest BCUT2D eigenvalue weighted by Gasteiger charge is -2.20. The molecule has 3 rings (SSSR count). The minimum atomic E-state index is -0.664. The van der Waals surface area contributed by atoms with Crippen molar-refractivity contribution in [3.8, 4) is 5.75 Å². The first-order valence-corrected chi connectivity index (χ1v) is 9.49. The van der Waals surface area contributed by atoms with Crippen molar-refractivity contribution in [3.63, 3.8) is 0 Å². The number of para-hydroxylation sites is 1. The van der Waals surface area contributed by atoms with Gasteiger partial charge in [-0.05, 0) is 35.5 Å². The summed E-state index contributed by atoms with van der Waals surface area (Å²) >= 11 is 0. The third kappa shape index (κ3) is 5.66. The fraction of sp³-hybridized carbons (Fsp3) is 0.273. The second kappa shape index (κ2) is 9.86. The van der Waals surface area contributed by atoms with Crippen LogP contribution in [0.2, 0.25) is 0 Å². The van der Waals surface area contributed by atoms with Crippen molar-refractivity contribution >= 4 is 11.6 Å². The zero-order chi connectivity index (χ0) is 20.6. The first-order chi connectivity index (χ1) is 14.1. The largest absolute Gasteiger partial charge is 0.483 e. The van der Waals surface area contributed by atoms with Crippen LogP contribution in [0, 0.1) is 5.41 Å². The monoisotopic (exact) mass is 394 g/mol. The lowest BCUT2D eigenvalue weighted by atomic mass is 10.1. The predicted molar refractivity (Wildman–Crippen MR) is 112 cm³/mol. The van der Waals surface area contributed by atoms with Gasteiger partial charge in [-0.3, -0.25) is 9.69 Å². The summed E-state index contributed by atoms with van der Waals surface area (Å²) in [5.41, 5.74) is 8.65. The number of aliphatic hydroxyl groups excluding tert-OH is 1. The smallest absolute Gasteiger partial charge is 0.258 e. The van der Waals surface area contributed by atoms with Gasteiger partial charge in [-0.25, -0.2) is 0 Å². The molecule has 0 radical (unpaired) electrons. The molecule has 152 valence electrons. The van der Waals surface area contributed by atoms with Crippen molar-refractivity contribution in [2.24, 2.45) is 5.73 Å². The standard InChI is InChI=1S/C22H26N4O3/c23-10-9-20(24)19-7-3-4-8-21(19)29-15-22(28)25-11-18(27)14-26-12-16-5-1-2-6-17(16)13-26/h1-10,18,24,27H,11-15,23H2,(H,25,28)/b10-9-,24-20?. The highest BCUT2D eigenvalue weighted by atomic mass is 16.5. The summed E-state index contributed by atoms with van der Waals surface area (Å²) < 4.78 is 5.55. The summed E-state index contributed by atoms with van der Waals surface area (Å²) in [5.74, 6) is 0.102. The Morgan fingerprint density at radius 3 is 2.55 bits per heavy atom. The van der Waals surface area contributed by atoms with Gasteiger partial charge in [0.05, 0.1) is 11.8 Å². The number of hydrogen-bond donors (Lipinski definition) is 4. The zero-order valence-electron chi connectivity index (χ0n) is 16.2. The van der Waals surface area contributed by atoms with Gasteiger partial charge in [0.1, 0.15) is 5.75 Å². The van der Waals surface area contributed by atoms with E-state index in [0.29, 0.717) is 17.9 Å². The Morgan fingerprint density at radius 2 is 1.86 bits per heavy atom. The molecule has 0 saturated heterocycles. The number of allylic oxidation sites excluding steroid dienone is 1. The number of nitrogens with zero attached hydrogens (tertiary/aromatic N) is 1. The van der Waals surface area contributed by atoms with Gasteiger partial charge in [0.15, 0.2) is 6.61 Å². The van der Waals surface area contributed by atoms with Gasteiger partial charge in [0.25, 0.3) is 5.91 Å². The Hall–Kier alpha value is -3.16. The Bertz CT molecular complexity index is 872. The predicted octanol–water partition coefficient (Wildman–Crippen LogP) is 1.40. The molecular formula is C22H26N4O3. The van der Waals surface area contributed by atoms with Gasteiger partial charge in [-0.15, -0.1) is 0 Å². The van der Waals surface area contributed by atoms with Crippen LogP contribution in [0.15, 0.2) is 60.8 Å². The SMILES string of the molecule is N=C(/C=C\N)c1ccccc1OCC(=O)NCC(O)CN1Cc2ccccc2C1. The van der Waals surface area contributed by atoms with Crippen molar-refractivity contribution in [2.75, 3.05) is 19.7 Å². The molecule has 0 fully saturated rings. The van der Waals surface area contributed by atoms with E-state index in [4.69, 9.17) is 15.9 Å². The fourth-order valence-corrected chi connectivity index (χ4v) is 3.32. The number of nitrogens with two attached hydrogens (primary N) is 1. The van der Waals surface area contributed by atoms with E-state index in [2.05, 4.69) is 22.3 Å². The van der Waals surface area contributed by atoms with E-state index in [-0.39, 0.29) is 24.8 Å². The summed E-state index contributed by atoms with van der Waals surface area (Å²) in [4.78, 5) is 14.3. The topological polar surface area (TPSA) is 112 Å². The lowest BCUT2D eigenvalue weighted by Crippen LogP contribution is -2.40. The van der Waals surface area contributed by atoms with Crippen molar-refractivity contribution in [1.29, 1.82) is 5.41 Å². The molecule has 0 spiro atoms. The van der Waals surface area contributed by atoms with Crippen LogP contribution in [0.25, 0.3) is 0 Å². The molecule has 7 nitrogen and oxygen atoms in total. The summed E-state index contributed by atoms with van der Waals surface area (Å²) in [6, 6.07) is 15.2. The average molecular weight is 394 g/mol. The molecule has 1 amide bonds. The number of β-amino-alcohol motifs (C(OH)–C–C–N with tert-alkyl or cyclic N) is 1. The van der Waals surface area contributed by atoms with E-state index in [1.54, 1.807) is 24.3 Å². The summed E-state index contributed by atoms with van der Waals surface area (Å²) in [7, 11) is 0.